The molecule has 0 aliphatic carbocycles. The van der Waals surface area contributed by atoms with Gasteiger partial charge in [-0.1, -0.05) is 119 Å². The van der Waals surface area contributed by atoms with Crippen LogP contribution in [0.4, 0.5) is 0 Å². The highest BCUT2D eigenvalue weighted by atomic mass is 17.7. The lowest BCUT2D eigenvalue weighted by Gasteiger charge is -2.33. The predicted octanol–water partition coefficient (Wildman–Crippen LogP) is 9.17. The molecule has 0 N–H and O–H groups in total. The van der Waals surface area contributed by atoms with Gasteiger partial charge in [0.2, 0.25) is 0 Å². The highest BCUT2D eigenvalue weighted by Gasteiger charge is 2.38. The Balaban J connectivity index is 2.69. The first-order valence-corrected chi connectivity index (χ1v) is 14.4. The lowest BCUT2D eigenvalue weighted by atomic mass is 9.70. The highest BCUT2D eigenvalue weighted by Crippen LogP contribution is 2.37. The van der Waals surface area contributed by atoms with Crippen LogP contribution in [-0.4, -0.2) is 11.9 Å². The van der Waals surface area contributed by atoms with Crippen LogP contribution in [0.5, 0.6) is 0 Å². The molecule has 6 nitrogen and oxygen atoms in total. The second-order valence-electron chi connectivity index (χ2n) is 14.0. The van der Waals surface area contributed by atoms with E-state index in [-0.39, 0.29) is 17.3 Å². The fraction of sp³-hybridized carbons (Fsp3) is 0.750. The van der Waals surface area contributed by atoms with Crippen molar-refractivity contribution in [2.75, 3.05) is 0 Å². The average Bonchev–Trinajstić information content (AvgIpc) is 2.79. The zero-order valence-electron chi connectivity index (χ0n) is 25.8. The monoisotopic (exact) mass is 534 g/mol. The molecular formula is C32H54O6. The number of benzene rings is 1. The molecule has 0 saturated heterocycles. The van der Waals surface area contributed by atoms with Crippen LogP contribution >= 0.6 is 0 Å². The third kappa shape index (κ3) is 13.7. The van der Waals surface area contributed by atoms with Crippen LogP contribution in [0.2, 0.25) is 0 Å². The average molecular weight is 535 g/mol. The van der Waals surface area contributed by atoms with Gasteiger partial charge in [-0.2, -0.15) is 0 Å². The van der Waals surface area contributed by atoms with Gasteiger partial charge < -0.3 is 0 Å². The highest BCUT2D eigenvalue weighted by molar-refractivity contribution is 5.74. The van der Waals surface area contributed by atoms with E-state index < -0.39 is 23.3 Å². The molecule has 0 spiro atoms. The normalized spacial score (nSPS) is 13.4. The zero-order valence-corrected chi connectivity index (χ0v) is 25.8. The number of unbranched alkanes of at least 4 members (excludes halogenated alkanes) is 3. The molecule has 1 aromatic rings. The van der Waals surface area contributed by atoms with Gasteiger partial charge in [-0.3, -0.25) is 9.78 Å². The van der Waals surface area contributed by atoms with E-state index in [0.29, 0.717) is 18.8 Å². The summed E-state index contributed by atoms with van der Waals surface area (Å²) in [5.41, 5.74) is 2.32. The molecule has 0 radical (unpaired) electrons. The van der Waals surface area contributed by atoms with Gasteiger partial charge in [-0.05, 0) is 53.6 Å². The van der Waals surface area contributed by atoms with Crippen LogP contribution in [-0.2, 0) is 34.9 Å². The van der Waals surface area contributed by atoms with Crippen molar-refractivity contribution in [1.29, 1.82) is 0 Å². The molecule has 0 amide bonds. The van der Waals surface area contributed by atoms with Gasteiger partial charge in [0.15, 0.2) is 0 Å². The van der Waals surface area contributed by atoms with Crippen LogP contribution in [0.25, 0.3) is 0 Å². The van der Waals surface area contributed by atoms with E-state index in [0.717, 1.165) is 44.1 Å². The van der Waals surface area contributed by atoms with E-state index >= 15 is 0 Å². The van der Waals surface area contributed by atoms with E-state index in [4.69, 9.17) is 4.89 Å². The van der Waals surface area contributed by atoms with Gasteiger partial charge in [0.1, 0.15) is 0 Å². The Bertz CT molecular complexity index is 844. The Morgan fingerprint density at radius 1 is 0.763 bits per heavy atom. The number of hydrogen-bond donors (Lipinski definition) is 0. The number of hydrogen-bond acceptors (Lipinski definition) is 6. The SMILES string of the molecule is CC(C)c1cccc(C(C)(C)C(CCCCC(C)(C)C)C(=O)OOOOC(=O)CCCCCC(C)(C)C)c1. The van der Waals surface area contributed by atoms with Crippen molar-refractivity contribution in [2.45, 2.75) is 138 Å². The summed E-state index contributed by atoms with van der Waals surface area (Å²) in [7, 11) is 0. The quantitative estimate of drug-likeness (QED) is 0.120. The van der Waals surface area contributed by atoms with Crippen LogP contribution in [0, 0.1) is 16.7 Å². The summed E-state index contributed by atoms with van der Waals surface area (Å²) < 4.78 is 0. The number of rotatable bonds is 16. The van der Waals surface area contributed by atoms with Gasteiger partial charge in [0, 0.05) is 21.9 Å². The third-order valence-electron chi connectivity index (χ3n) is 7.20. The van der Waals surface area contributed by atoms with Crippen molar-refractivity contribution in [3.8, 4) is 0 Å². The summed E-state index contributed by atoms with van der Waals surface area (Å²) in [4.78, 5) is 34.7. The lowest BCUT2D eigenvalue weighted by molar-refractivity contribution is -0.600. The molecule has 0 aliphatic heterocycles. The summed E-state index contributed by atoms with van der Waals surface area (Å²) in [6.45, 7) is 21.7. The van der Waals surface area contributed by atoms with E-state index in [1.54, 1.807) is 0 Å². The summed E-state index contributed by atoms with van der Waals surface area (Å²) in [6, 6.07) is 8.37. The fourth-order valence-electron chi connectivity index (χ4n) is 4.58. The summed E-state index contributed by atoms with van der Waals surface area (Å²) >= 11 is 0. The van der Waals surface area contributed by atoms with E-state index in [1.165, 1.54) is 5.56 Å². The Labute approximate surface area is 231 Å². The van der Waals surface area contributed by atoms with E-state index in [9.17, 15) is 9.59 Å². The van der Waals surface area contributed by atoms with Gasteiger partial charge in [-0.15, -0.1) is 0 Å². The first-order chi connectivity index (χ1) is 17.5. The van der Waals surface area contributed by atoms with Crippen molar-refractivity contribution >= 4 is 11.9 Å². The maximum Gasteiger partial charge on any atom is 0.349 e. The maximum absolute atomic E-state index is 13.2. The molecule has 0 aliphatic rings. The minimum absolute atomic E-state index is 0.219. The molecule has 1 atom stereocenters. The second kappa shape index (κ2) is 15.6. The first-order valence-electron chi connectivity index (χ1n) is 14.4. The van der Waals surface area contributed by atoms with E-state index in [2.05, 4.69) is 102 Å². The summed E-state index contributed by atoms with van der Waals surface area (Å²) in [5.74, 6) is -1.18. The number of carbonyl (C=O) groups excluding carboxylic acids is 2. The Kier molecular flexibility index (Phi) is 14.0. The molecule has 0 heterocycles. The van der Waals surface area contributed by atoms with Crippen LogP contribution in [0.15, 0.2) is 24.3 Å². The van der Waals surface area contributed by atoms with Crippen LogP contribution < -0.4 is 0 Å². The Hall–Kier alpha value is -1.92. The molecule has 0 fully saturated rings. The number of carbonyl (C=O) groups is 2. The van der Waals surface area contributed by atoms with Crippen LogP contribution in [0.1, 0.15) is 144 Å². The molecule has 0 aromatic heterocycles. The lowest BCUT2D eigenvalue weighted by Crippen LogP contribution is -2.36. The Morgan fingerprint density at radius 3 is 1.92 bits per heavy atom. The van der Waals surface area contributed by atoms with Crippen molar-refractivity contribution in [1.82, 2.24) is 0 Å². The van der Waals surface area contributed by atoms with Gasteiger partial charge in [-0.25, -0.2) is 9.59 Å². The molecule has 6 heteroatoms. The van der Waals surface area contributed by atoms with Crippen molar-refractivity contribution in [2.24, 2.45) is 16.7 Å². The van der Waals surface area contributed by atoms with Gasteiger partial charge in [0.05, 0.1) is 5.92 Å². The predicted molar refractivity (Wildman–Crippen MR) is 152 cm³/mol. The minimum atomic E-state index is -0.554. The maximum atomic E-state index is 13.2. The van der Waals surface area contributed by atoms with Crippen molar-refractivity contribution in [3.05, 3.63) is 35.4 Å². The molecular weight excluding hydrogens is 480 g/mol. The largest absolute Gasteiger partial charge is 0.349 e. The molecule has 0 saturated carbocycles. The molecule has 1 unspecified atom stereocenters. The molecule has 0 bridgehead atoms. The van der Waals surface area contributed by atoms with Gasteiger partial charge in [0.25, 0.3) is 0 Å². The molecule has 218 valence electrons. The zero-order chi connectivity index (χ0) is 29.0. The molecule has 1 rings (SSSR count). The molecule has 38 heavy (non-hydrogen) atoms. The topological polar surface area (TPSA) is 71.1 Å². The second-order valence-corrected chi connectivity index (χ2v) is 14.0. The Morgan fingerprint density at radius 2 is 1.34 bits per heavy atom. The summed E-state index contributed by atoms with van der Waals surface area (Å²) in [6.07, 6.45) is 7.64. The van der Waals surface area contributed by atoms with Crippen LogP contribution in [0.3, 0.4) is 0 Å². The summed E-state index contributed by atoms with van der Waals surface area (Å²) in [5, 5.41) is 9.05. The minimum Gasteiger partial charge on any atom is -0.266 e. The molecule has 1 aromatic carbocycles. The van der Waals surface area contributed by atoms with Crippen molar-refractivity contribution < 1.29 is 29.4 Å². The van der Waals surface area contributed by atoms with Gasteiger partial charge >= 0.3 is 11.9 Å². The third-order valence-corrected chi connectivity index (χ3v) is 7.20. The van der Waals surface area contributed by atoms with Crippen molar-refractivity contribution in [3.63, 3.8) is 0 Å². The first kappa shape index (κ1) is 34.1. The fourth-order valence-corrected chi connectivity index (χ4v) is 4.58. The van der Waals surface area contributed by atoms with E-state index in [1.807, 2.05) is 6.07 Å². The smallest absolute Gasteiger partial charge is 0.266 e. The standard InChI is InChI=1S/C32H54O6/c1-24(2)25-17-16-18-26(23-25)32(9,10)27(19-13-15-22-31(6,7)8)29(34)36-38-37-35-28(33)20-12-11-14-21-30(3,4)5/h16-18,23-24,27H,11-15,19-22H2,1-10H3.